The van der Waals surface area contributed by atoms with Crippen LogP contribution < -0.4 is 20.1 Å². The van der Waals surface area contributed by atoms with Gasteiger partial charge < -0.3 is 19.5 Å². The van der Waals surface area contributed by atoms with Crippen LogP contribution in [0.25, 0.3) is 0 Å². The van der Waals surface area contributed by atoms with E-state index >= 15 is 0 Å². The molecule has 1 aliphatic heterocycles. The summed E-state index contributed by atoms with van der Waals surface area (Å²) < 4.78 is 16.1. The SMILES string of the molecule is COC(=O)/C=C1/S/C(=N\N=Cc2cc(Br)c(OCC(=O)Nc3ccccc3)c(OC)c2)NC1=O. The van der Waals surface area contributed by atoms with E-state index < -0.39 is 11.9 Å². The van der Waals surface area contributed by atoms with E-state index in [2.05, 4.69) is 41.5 Å². The van der Waals surface area contributed by atoms with Crippen molar-refractivity contribution in [2.75, 3.05) is 26.1 Å². The summed E-state index contributed by atoms with van der Waals surface area (Å²) in [6.45, 7) is -0.219. The molecule has 0 radical (unpaired) electrons. The molecule has 0 bridgehead atoms. The Labute approximate surface area is 207 Å². The van der Waals surface area contributed by atoms with Gasteiger partial charge in [-0.1, -0.05) is 18.2 Å². The fourth-order valence-corrected chi connectivity index (χ4v) is 3.91. The van der Waals surface area contributed by atoms with Crippen LogP contribution in [-0.2, 0) is 19.1 Å². The highest BCUT2D eigenvalue weighted by Gasteiger charge is 2.25. The Hall–Kier alpha value is -3.64. The zero-order chi connectivity index (χ0) is 24.5. The van der Waals surface area contributed by atoms with E-state index in [1.165, 1.54) is 20.4 Å². The van der Waals surface area contributed by atoms with Crippen molar-refractivity contribution in [3.8, 4) is 11.5 Å². The molecule has 0 spiro atoms. The predicted molar refractivity (Wildman–Crippen MR) is 132 cm³/mol. The second-order valence-corrected chi connectivity index (χ2v) is 8.36. The van der Waals surface area contributed by atoms with Crippen molar-refractivity contribution in [3.05, 3.63) is 63.5 Å². The summed E-state index contributed by atoms with van der Waals surface area (Å²) in [5.74, 6) is -0.697. The number of esters is 1. The summed E-state index contributed by atoms with van der Waals surface area (Å²) >= 11 is 4.38. The molecule has 176 valence electrons. The summed E-state index contributed by atoms with van der Waals surface area (Å²) in [5.41, 5.74) is 1.29. The van der Waals surface area contributed by atoms with Gasteiger partial charge in [0.2, 0.25) is 0 Å². The number of amides is 2. The normalized spacial score (nSPS) is 15.4. The fraction of sp³-hybridized carbons (Fsp3) is 0.136. The number of ether oxygens (including phenoxy) is 3. The van der Waals surface area contributed by atoms with Gasteiger partial charge in [-0.15, -0.1) is 5.10 Å². The average molecular weight is 547 g/mol. The van der Waals surface area contributed by atoms with Crippen LogP contribution in [0, 0.1) is 0 Å². The number of carbonyl (C=O) groups excluding carboxylic acids is 3. The summed E-state index contributed by atoms with van der Waals surface area (Å²) in [7, 11) is 2.69. The minimum atomic E-state index is -0.640. The number of para-hydroxylation sites is 1. The molecule has 12 heteroatoms. The molecule has 2 N–H and O–H groups in total. The highest BCUT2D eigenvalue weighted by molar-refractivity contribution is 9.10. The number of carbonyl (C=O) groups is 3. The van der Waals surface area contributed by atoms with Gasteiger partial charge in [0.25, 0.3) is 11.8 Å². The lowest BCUT2D eigenvalue weighted by Crippen LogP contribution is -2.20. The van der Waals surface area contributed by atoms with Crippen molar-refractivity contribution in [1.29, 1.82) is 0 Å². The molecule has 1 fully saturated rings. The van der Waals surface area contributed by atoms with E-state index in [4.69, 9.17) is 9.47 Å². The van der Waals surface area contributed by atoms with Gasteiger partial charge in [0, 0.05) is 11.8 Å². The van der Waals surface area contributed by atoms with Gasteiger partial charge in [-0.05, 0) is 57.5 Å². The first-order valence-corrected chi connectivity index (χ1v) is 11.3. The molecule has 0 aliphatic carbocycles. The van der Waals surface area contributed by atoms with E-state index in [0.717, 1.165) is 17.8 Å². The van der Waals surface area contributed by atoms with Gasteiger partial charge in [0.15, 0.2) is 23.3 Å². The van der Waals surface area contributed by atoms with Crippen molar-refractivity contribution >= 4 is 62.5 Å². The van der Waals surface area contributed by atoms with Crippen molar-refractivity contribution in [2.45, 2.75) is 0 Å². The highest BCUT2D eigenvalue weighted by atomic mass is 79.9. The number of benzene rings is 2. The number of anilines is 1. The second-order valence-electron chi connectivity index (χ2n) is 6.47. The lowest BCUT2D eigenvalue weighted by atomic mass is 10.2. The van der Waals surface area contributed by atoms with E-state index in [0.29, 0.717) is 27.2 Å². The monoisotopic (exact) mass is 546 g/mol. The van der Waals surface area contributed by atoms with Gasteiger partial charge in [0.1, 0.15) is 0 Å². The third kappa shape index (κ3) is 6.93. The van der Waals surface area contributed by atoms with E-state index in [9.17, 15) is 14.4 Å². The lowest BCUT2D eigenvalue weighted by Gasteiger charge is -2.13. The van der Waals surface area contributed by atoms with Crippen LogP contribution in [0.15, 0.2) is 68.1 Å². The number of hydrogen-bond acceptors (Lipinski definition) is 9. The third-order valence-electron chi connectivity index (χ3n) is 4.11. The average Bonchev–Trinajstić information content (AvgIpc) is 3.17. The number of nitrogens with zero attached hydrogens (tertiary/aromatic N) is 2. The fourth-order valence-electron chi connectivity index (χ4n) is 2.60. The Morgan fingerprint density at radius 1 is 1.21 bits per heavy atom. The van der Waals surface area contributed by atoms with Crippen LogP contribution in [0.2, 0.25) is 0 Å². The number of thioether (sulfide) groups is 1. The molecule has 0 aromatic heterocycles. The number of nitrogens with one attached hydrogen (secondary N) is 2. The van der Waals surface area contributed by atoms with Crippen molar-refractivity contribution in [2.24, 2.45) is 10.2 Å². The smallest absolute Gasteiger partial charge is 0.331 e. The number of rotatable bonds is 8. The van der Waals surface area contributed by atoms with Gasteiger partial charge >= 0.3 is 5.97 Å². The molecule has 34 heavy (non-hydrogen) atoms. The van der Waals surface area contributed by atoms with E-state index in [1.54, 1.807) is 24.3 Å². The van der Waals surface area contributed by atoms with Gasteiger partial charge in [-0.3, -0.25) is 14.9 Å². The molecule has 0 saturated carbocycles. The van der Waals surface area contributed by atoms with Gasteiger partial charge in [-0.25, -0.2) is 4.79 Å². The molecule has 2 aromatic rings. The van der Waals surface area contributed by atoms with Crippen LogP contribution in [0.3, 0.4) is 0 Å². The van der Waals surface area contributed by atoms with Crippen molar-refractivity contribution in [3.63, 3.8) is 0 Å². The maximum Gasteiger partial charge on any atom is 0.331 e. The molecule has 3 rings (SSSR count). The van der Waals surface area contributed by atoms with Crippen LogP contribution >= 0.6 is 27.7 Å². The van der Waals surface area contributed by atoms with Crippen molar-refractivity contribution < 1.29 is 28.6 Å². The molecular weight excluding hydrogens is 528 g/mol. The number of amidine groups is 1. The first kappa shape index (κ1) is 25.0. The van der Waals surface area contributed by atoms with Crippen molar-refractivity contribution in [1.82, 2.24) is 5.32 Å². The minimum Gasteiger partial charge on any atom is -0.493 e. The molecule has 1 heterocycles. The topological polar surface area (TPSA) is 128 Å². The van der Waals surface area contributed by atoms with Gasteiger partial charge in [-0.2, -0.15) is 5.10 Å². The molecule has 2 amide bonds. The molecule has 0 atom stereocenters. The molecular formula is C22H19BrN4O6S. The molecule has 10 nitrogen and oxygen atoms in total. The lowest BCUT2D eigenvalue weighted by molar-refractivity contribution is -0.135. The summed E-state index contributed by atoms with van der Waals surface area (Å²) in [4.78, 5) is 35.5. The zero-order valence-corrected chi connectivity index (χ0v) is 20.4. The number of methoxy groups -OCH3 is 2. The maximum absolute atomic E-state index is 12.2. The Balaban J connectivity index is 1.65. The van der Waals surface area contributed by atoms with E-state index in [1.807, 2.05) is 18.2 Å². The molecule has 1 aliphatic rings. The van der Waals surface area contributed by atoms with Crippen LogP contribution in [0.1, 0.15) is 5.56 Å². The molecule has 2 aromatic carbocycles. The predicted octanol–water partition coefficient (Wildman–Crippen LogP) is 3.09. The molecule has 0 unspecified atom stereocenters. The Bertz CT molecular complexity index is 1180. The third-order valence-corrected chi connectivity index (χ3v) is 5.60. The van der Waals surface area contributed by atoms with Crippen LogP contribution in [0.5, 0.6) is 11.5 Å². The maximum atomic E-state index is 12.2. The number of halogens is 1. The van der Waals surface area contributed by atoms with Crippen LogP contribution in [0.4, 0.5) is 5.69 Å². The Morgan fingerprint density at radius 2 is 1.97 bits per heavy atom. The minimum absolute atomic E-state index is 0.156. The second kappa shape index (κ2) is 12.0. The summed E-state index contributed by atoms with van der Waals surface area (Å²) in [6, 6.07) is 12.4. The largest absolute Gasteiger partial charge is 0.493 e. The summed E-state index contributed by atoms with van der Waals surface area (Å²) in [6.07, 6.45) is 2.52. The van der Waals surface area contributed by atoms with Gasteiger partial charge in [0.05, 0.1) is 29.8 Å². The Morgan fingerprint density at radius 3 is 2.68 bits per heavy atom. The summed E-state index contributed by atoms with van der Waals surface area (Å²) in [5, 5.41) is 13.4. The van der Waals surface area contributed by atoms with Crippen LogP contribution in [-0.4, -0.2) is 50.0 Å². The van der Waals surface area contributed by atoms with E-state index in [-0.39, 0.29) is 22.6 Å². The Kier molecular flexibility index (Phi) is 8.82. The standard InChI is InChI=1S/C22H19BrN4O6S/c1-31-16-9-13(11-24-27-22-26-21(30)17(34-22)10-19(29)32-2)8-15(23)20(16)33-12-18(28)25-14-6-4-3-5-7-14/h3-11H,12H2,1-2H3,(H,25,28)(H,26,27,30)/b17-10+,24-11?. The number of hydrogen-bond donors (Lipinski definition) is 2. The highest BCUT2D eigenvalue weighted by Crippen LogP contribution is 2.36. The quantitative estimate of drug-likeness (QED) is 0.225. The molecule has 1 saturated heterocycles. The first-order valence-electron chi connectivity index (χ1n) is 9.64. The zero-order valence-electron chi connectivity index (χ0n) is 18.0. The first-order chi connectivity index (χ1) is 16.4.